The third-order valence-electron chi connectivity index (χ3n) is 6.65. The Balaban J connectivity index is 1.76. The summed E-state index contributed by atoms with van der Waals surface area (Å²) in [5.41, 5.74) is 1.82. The van der Waals surface area contributed by atoms with E-state index < -0.39 is 11.0 Å². The lowest BCUT2D eigenvalue weighted by molar-refractivity contribution is -0.120. The first-order valence-electron chi connectivity index (χ1n) is 10.6. The Hall–Kier alpha value is -3.98. The molecule has 0 bridgehead atoms. The number of allylic oxidation sites excluding steroid dienone is 1. The fourth-order valence-electron chi connectivity index (χ4n) is 5.41. The second-order valence-corrected chi connectivity index (χ2v) is 8.19. The van der Waals surface area contributed by atoms with E-state index in [1.54, 1.807) is 18.2 Å². The van der Waals surface area contributed by atoms with Gasteiger partial charge < -0.3 is 4.74 Å². The molecule has 3 heteroatoms. The lowest BCUT2D eigenvalue weighted by atomic mass is 9.61. The normalized spacial score (nSPS) is 23.3. The first-order valence-corrected chi connectivity index (χ1v) is 10.6. The van der Waals surface area contributed by atoms with Crippen LogP contribution in [-0.2, 0) is 15.8 Å². The summed E-state index contributed by atoms with van der Waals surface area (Å²) in [6.07, 6.45) is 1.71. The van der Waals surface area contributed by atoms with Gasteiger partial charge in [0, 0.05) is 16.7 Å². The van der Waals surface area contributed by atoms with E-state index in [1.165, 1.54) is 12.1 Å². The number of fused-ring (bicyclic) bond motifs is 3. The predicted molar refractivity (Wildman–Crippen MR) is 122 cm³/mol. The van der Waals surface area contributed by atoms with Crippen LogP contribution in [0, 0.1) is 5.82 Å². The van der Waals surface area contributed by atoms with E-state index in [1.807, 2.05) is 84.9 Å². The summed E-state index contributed by atoms with van der Waals surface area (Å²) in [5, 5.41) is 0. The molecule has 0 fully saturated rings. The average molecular weight is 418 g/mol. The minimum Gasteiger partial charge on any atom is -0.476 e. The summed E-state index contributed by atoms with van der Waals surface area (Å²) in [6, 6.07) is 33.6. The van der Waals surface area contributed by atoms with Crippen LogP contribution in [0.15, 0.2) is 115 Å². The monoisotopic (exact) mass is 418 g/mol. The number of ketones is 1. The van der Waals surface area contributed by atoms with E-state index in [2.05, 4.69) is 0 Å². The van der Waals surface area contributed by atoms with Crippen LogP contribution in [-0.4, -0.2) is 5.78 Å². The molecule has 2 aliphatic rings. The van der Waals surface area contributed by atoms with Crippen molar-refractivity contribution in [3.05, 3.63) is 143 Å². The Morgan fingerprint density at radius 1 is 0.656 bits per heavy atom. The van der Waals surface area contributed by atoms with Gasteiger partial charge in [-0.2, -0.15) is 0 Å². The molecule has 4 aromatic rings. The zero-order valence-electron chi connectivity index (χ0n) is 17.2. The van der Waals surface area contributed by atoms with Gasteiger partial charge in [-0.25, -0.2) is 4.39 Å². The van der Waals surface area contributed by atoms with Crippen LogP contribution in [0.2, 0.25) is 0 Å². The highest BCUT2D eigenvalue weighted by molar-refractivity contribution is 6.16. The number of hydrogen-bond donors (Lipinski definition) is 0. The maximum atomic E-state index is 14.1. The maximum absolute atomic E-state index is 14.1. The summed E-state index contributed by atoms with van der Waals surface area (Å²) in [7, 11) is 0. The molecule has 6 rings (SSSR count). The van der Waals surface area contributed by atoms with Crippen LogP contribution in [0.5, 0.6) is 5.75 Å². The molecule has 0 N–H and O–H groups in total. The molecule has 2 nitrogen and oxygen atoms in total. The molecule has 0 unspecified atom stereocenters. The number of hydrogen-bond acceptors (Lipinski definition) is 2. The molecular weight excluding hydrogens is 399 g/mol. The quantitative estimate of drug-likeness (QED) is 0.404. The summed E-state index contributed by atoms with van der Waals surface area (Å²) >= 11 is 0. The molecule has 1 aliphatic heterocycles. The van der Waals surface area contributed by atoms with Gasteiger partial charge in [0.2, 0.25) is 0 Å². The van der Waals surface area contributed by atoms with Gasteiger partial charge in [0.15, 0.2) is 11.4 Å². The van der Waals surface area contributed by atoms with Crippen molar-refractivity contribution < 1.29 is 13.9 Å². The molecular formula is C29H19FO2. The molecule has 0 saturated carbocycles. The minimum absolute atomic E-state index is 0.0724. The van der Waals surface area contributed by atoms with Gasteiger partial charge in [-0.15, -0.1) is 0 Å². The van der Waals surface area contributed by atoms with E-state index in [-0.39, 0.29) is 11.6 Å². The number of carbonyl (C=O) groups excluding carboxylic acids is 1. The minimum atomic E-state index is -1.16. The van der Waals surface area contributed by atoms with E-state index >= 15 is 0 Å². The second-order valence-electron chi connectivity index (χ2n) is 8.19. The van der Waals surface area contributed by atoms with Crippen LogP contribution in [0.4, 0.5) is 4.39 Å². The topological polar surface area (TPSA) is 26.3 Å². The Morgan fingerprint density at radius 3 is 2.00 bits per heavy atom. The molecule has 1 aliphatic carbocycles. The van der Waals surface area contributed by atoms with Crippen LogP contribution >= 0.6 is 0 Å². The Morgan fingerprint density at radius 2 is 1.28 bits per heavy atom. The maximum Gasteiger partial charge on any atom is 0.181 e. The van der Waals surface area contributed by atoms with Gasteiger partial charge in [-0.3, -0.25) is 4.79 Å². The lowest BCUT2D eigenvalue weighted by Crippen LogP contribution is -2.51. The number of halogens is 1. The Kier molecular flexibility index (Phi) is 3.96. The van der Waals surface area contributed by atoms with E-state index in [4.69, 9.17) is 4.74 Å². The van der Waals surface area contributed by atoms with Crippen molar-refractivity contribution in [2.24, 2.45) is 0 Å². The van der Waals surface area contributed by atoms with Gasteiger partial charge in [-0.05, 0) is 35.4 Å². The van der Waals surface area contributed by atoms with E-state index in [9.17, 15) is 9.18 Å². The summed E-state index contributed by atoms with van der Waals surface area (Å²) < 4.78 is 20.8. The van der Waals surface area contributed by atoms with Gasteiger partial charge in [0.25, 0.3) is 0 Å². The summed E-state index contributed by atoms with van der Waals surface area (Å²) in [4.78, 5) is 14.1. The third kappa shape index (κ3) is 2.25. The van der Waals surface area contributed by atoms with Crippen molar-refractivity contribution >= 4 is 11.4 Å². The third-order valence-corrected chi connectivity index (χ3v) is 6.65. The SMILES string of the molecule is O=C1C=C(c2ccccc2)[C@@]2(c3ccccc3)Oc3ccccc3[C@@]12c1ccc(F)cc1. The zero-order chi connectivity index (χ0) is 21.8. The van der Waals surface area contributed by atoms with Crippen LogP contribution in [0.25, 0.3) is 5.57 Å². The van der Waals surface area contributed by atoms with Crippen molar-refractivity contribution in [1.29, 1.82) is 0 Å². The highest BCUT2D eigenvalue weighted by Crippen LogP contribution is 2.66. The smallest absolute Gasteiger partial charge is 0.181 e. The van der Waals surface area contributed by atoms with Crippen LogP contribution < -0.4 is 4.74 Å². The molecule has 4 aromatic carbocycles. The van der Waals surface area contributed by atoms with Crippen molar-refractivity contribution in [3.63, 3.8) is 0 Å². The molecule has 0 saturated heterocycles. The fraction of sp³-hybridized carbons (Fsp3) is 0.0690. The van der Waals surface area contributed by atoms with Crippen LogP contribution in [0.1, 0.15) is 22.3 Å². The fourth-order valence-corrected chi connectivity index (χ4v) is 5.41. The molecule has 32 heavy (non-hydrogen) atoms. The molecule has 1 heterocycles. The highest BCUT2D eigenvalue weighted by atomic mass is 19.1. The molecule has 0 radical (unpaired) electrons. The van der Waals surface area contributed by atoms with Crippen molar-refractivity contribution in [2.45, 2.75) is 11.0 Å². The van der Waals surface area contributed by atoms with Gasteiger partial charge in [-0.1, -0.05) is 91.0 Å². The Labute approximate surface area is 185 Å². The predicted octanol–water partition coefficient (Wildman–Crippen LogP) is 6.07. The zero-order valence-corrected chi connectivity index (χ0v) is 17.2. The molecule has 0 amide bonds. The van der Waals surface area contributed by atoms with Crippen molar-refractivity contribution in [3.8, 4) is 5.75 Å². The number of para-hydroxylation sites is 1. The average Bonchev–Trinajstić information content (AvgIpc) is 3.30. The highest BCUT2D eigenvalue weighted by Gasteiger charge is 2.70. The number of benzene rings is 4. The largest absolute Gasteiger partial charge is 0.476 e. The number of carbonyl (C=O) groups is 1. The van der Waals surface area contributed by atoms with Crippen LogP contribution in [0.3, 0.4) is 0 Å². The van der Waals surface area contributed by atoms with Crippen molar-refractivity contribution in [1.82, 2.24) is 0 Å². The van der Waals surface area contributed by atoms with E-state index in [0.717, 1.165) is 22.3 Å². The van der Waals surface area contributed by atoms with Gasteiger partial charge >= 0.3 is 0 Å². The first-order chi connectivity index (χ1) is 15.7. The molecule has 154 valence electrons. The second kappa shape index (κ2) is 6.76. The summed E-state index contributed by atoms with van der Waals surface area (Å²) in [5.74, 6) is 0.247. The van der Waals surface area contributed by atoms with Gasteiger partial charge in [0.05, 0.1) is 0 Å². The molecule has 0 aromatic heterocycles. The number of rotatable bonds is 3. The standard InChI is InChI=1S/C29H19FO2/c30-23-17-15-21(16-18-23)28-24-13-7-8-14-26(24)32-29(28,22-11-5-2-6-12-22)25(19-27(28)31)20-9-3-1-4-10-20/h1-19H/t28-,29+/m0/s1. The Bertz CT molecular complexity index is 1360. The molecule has 2 atom stereocenters. The summed E-state index contributed by atoms with van der Waals surface area (Å²) in [6.45, 7) is 0. The van der Waals surface area contributed by atoms with Gasteiger partial charge in [0.1, 0.15) is 17.0 Å². The lowest BCUT2D eigenvalue weighted by Gasteiger charge is -2.41. The van der Waals surface area contributed by atoms with Crippen molar-refractivity contribution in [2.75, 3.05) is 0 Å². The van der Waals surface area contributed by atoms with E-state index in [0.29, 0.717) is 11.3 Å². The molecule has 0 spiro atoms. The first kappa shape index (κ1) is 18.8. The number of ether oxygens (including phenoxy) is 1.